The largest absolute Gasteiger partial charge is 0.369 e. The summed E-state index contributed by atoms with van der Waals surface area (Å²) in [6, 6.07) is 5.98. The first-order chi connectivity index (χ1) is 8.17. The molecule has 2 aromatic rings. The number of hydrogen-bond donors (Lipinski definition) is 1. The number of aliphatic hydroxyl groups is 1. The van der Waals surface area contributed by atoms with E-state index in [0.717, 1.165) is 41.1 Å². The molecular formula is C13H15BrN2O. The van der Waals surface area contributed by atoms with Crippen LogP contribution in [0.1, 0.15) is 32.1 Å². The second-order valence-electron chi connectivity index (χ2n) is 4.82. The van der Waals surface area contributed by atoms with Crippen molar-refractivity contribution in [3.05, 3.63) is 28.9 Å². The van der Waals surface area contributed by atoms with Crippen molar-refractivity contribution in [1.29, 1.82) is 0 Å². The third-order valence-corrected chi connectivity index (χ3v) is 4.04. The second kappa shape index (κ2) is 4.10. The Bertz CT molecular complexity index is 543. The van der Waals surface area contributed by atoms with Crippen molar-refractivity contribution in [2.45, 2.75) is 37.8 Å². The molecule has 17 heavy (non-hydrogen) atoms. The van der Waals surface area contributed by atoms with Crippen LogP contribution in [0.3, 0.4) is 0 Å². The predicted molar refractivity (Wildman–Crippen MR) is 70.7 cm³/mol. The highest BCUT2D eigenvalue weighted by atomic mass is 79.9. The smallest absolute Gasteiger partial charge is 0.157 e. The zero-order valence-corrected chi connectivity index (χ0v) is 11.2. The molecular weight excluding hydrogens is 280 g/mol. The third-order valence-electron chi connectivity index (χ3n) is 3.55. The summed E-state index contributed by atoms with van der Waals surface area (Å²) in [4.78, 5) is 0. The number of benzene rings is 1. The summed E-state index contributed by atoms with van der Waals surface area (Å²) in [6.45, 7) is 0. The van der Waals surface area contributed by atoms with Gasteiger partial charge in [0.05, 0.1) is 5.52 Å². The van der Waals surface area contributed by atoms with E-state index < -0.39 is 5.72 Å². The minimum absolute atomic E-state index is 0.774. The van der Waals surface area contributed by atoms with Gasteiger partial charge in [-0.1, -0.05) is 22.4 Å². The van der Waals surface area contributed by atoms with Gasteiger partial charge in [0.25, 0.3) is 0 Å². The Morgan fingerprint density at radius 1 is 1.24 bits per heavy atom. The molecule has 0 atom stereocenters. The minimum atomic E-state index is -0.774. The van der Waals surface area contributed by atoms with Gasteiger partial charge < -0.3 is 5.11 Å². The molecule has 0 amide bonds. The molecule has 0 spiro atoms. The fourth-order valence-electron chi connectivity index (χ4n) is 2.56. The first-order valence-corrected chi connectivity index (χ1v) is 6.84. The average Bonchev–Trinajstić information content (AvgIpc) is 2.73. The summed E-state index contributed by atoms with van der Waals surface area (Å²) in [5.74, 6) is 0. The Labute approximate surface area is 109 Å². The zero-order chi connectivity index (χ0) is 11.9. The van der Waals surface area contributed by atoms with Crippen LogP contribution in [-0.4, -0.2) is 14.9 Å². The van der Waals surface area contributed by atoms with Gasteiger partial charge in [0, 0.05) is 16.1 Å². The molecule has 0 bridgehead atoms. The topological polar surface area (TPSA) is 38.0 Å². The molecule has 4 heteroatoms. The van der Waals surface area contributed by atoms with E-state index in [1.165, 1.54) is 6.42 Å². The van der Waals surface area contributed by atoms with E-state index in [2.05, 4.69) is 21.0 Å². The number of rotatable bonds is 1. The van der Waals surface area contributed by atoms with Gasteiger partial charge in [0.2, 0.25) is 0 Å². The third kappa shape index (κ3) is 2.00. The first-order valence-electron chi connectivity index (χ1n) is 6.05. The highest BCUT2D eigenvalue weighted by molar-refractivity contribution is 9.10. The summed E-state index contributed by atoms with van der Waals surface area (Å²) < 4.78 is 2.80. The van der Waals surface area contributed by atoms with Crippen molar-refractivity contribution in [3.63, 3.8) is 0 Å². The van der Waals surface area contributed by atoms with E-state index in [9.17, 15) is 5.11 Å². The van der Waals surface area contributed by atoms with Gasteiger partial charge in [0.15, 0.2) is 5.72 Å². The Hall–Kier alpha value is -0.870. The number of aromatic nitrogens is 2. The molecule has 1 N–H and O–H groups in total. The zero-order valence-electron chi connectivity index (χ0n) is 9.56. The Morgan fingerprint density at radius 2 is 2.00 bits per heavy atom. The van der Waals surface area contributed by atoms with Crippen LogP contribution >= 0.6 is 15.9 Å². The molecule has 90 valence electrons. The molecule has 3 rings (SSSR count). The Balaban J connectivity index is 2.05. The number of nitrogens with zero attached hydrogens (tertiary/aromatic N) is 2. The Morgan fingerprint density at radius 3 is 2.76 bits per heavy atom. The van der Waals surface area contributed by atoms with Crippen molar-refractivity contribution in [1.82, 2.24) is 9.78 Å². The lowest BCUT2D eigenvalue weighted by Crippen LogP contribution is -2.35. The summed E-state index contributed by atoms with van der Waals surface area (Å²) in [5.41, 5.74) is 0.163. The summed E-state index contributed by atoms with van der Waals surface area (Å²) in [6.07, 6.45) is 6.94. The molecule has 1 aliphatic rings. The lowest BCUT2D eigenvalue weighted by molar-refractivity contribution is -0.0790. The van der Waals surface area contributed by atoms with Gasteiger partial charge in [-0.05, 0) is 43.9 Å². The van der Waals surface area contributed by atoms with Crippen LogP contribution in [0, 0.1) is 0 Å². The maximum absolute atomic E-state index is 10.6. The summed E-state index contributed by atoms with van der Waals surface area (Å²) in [7, 11) is 0. The molecule has 1 aromatic heterocycles. The van der Waals surface area contributed by atoms with Crippen molar-refractivity contribution in [2.75, 3.05) is 0 Å². The van der Waals surface area contributed by atoms with Crippen molar-refractivity contribution < 1.29 is 5.11 Å². The molecule has 0 aliphatic heterocycles. The molecule has 0 saturated heterocycles. The van der Waals surface area contributed by atoms with E-state index in [1.54, 1.807) is 4.68 Å². The van der Waals surface area contributed by atoms with Gasteiger partial charge in [-0.2, -0.15) is 5.10 Å². The summed E-state index contributed by atoms with van der Waals surface area (Å²) >= 11 is 3.45. The van der Waals surface area contributed by atoms with Gasteiger partial charge >= 0.3 is 0 Å². The van der Waals surface area contributed by atoms with Gasteiger partial charge in [0.1, 0.15) is 0 Å². The van der Waals surface area contributed by atoms with Crippen LogP contribution in [0.4, 0.5) is 0 Å². The lowest BCUT2D eigenvalue weighted by atomic mass is 9.92. The highest BCUT2D eigenvalue weighted by Crippen LogP contribution is 2.33. The molecule has 1 fully saturated rings. The van der Waals surface area contributed by atoms with Crippen molar-refractivity contribution in [3.8, 4) is 0 Å². The van der Waals surface area contributed by atoms with Crippen LogP contribution in [0.15, 0.2) is 28.9 Å². The number of fused-ring (bicyclic) bond motifs is 1. The molecule has 1 heterocycles. The SMILES string of the molecule is OC1(n2cc3cc(Br)ccc3n2)CCCCC1. The monoisotopic (exact) mass is 294 g/mol. The second-order valence-corrected chi connectivity index (χ2v) is 5.74. The molecule has 1 aliphatic carbocycles. The van der Waals surface area contributed by atoms with Crippen LogP contribution in [0.5, 0.6) is 0 Å². The predicted octanol–water partition coefficient (Wildman–Crippen LogP) is 3.41. The van der Waals surface area contributed by atoms with Crippen LogP contribution in [-0.2, 0) is 5.72 Å². The van der Waals surface area contributed by atoms with E-state index >= 15 is 0 Å². The van der Waals surface area contributed by atoms with E-state index in [-0.39, 0.29) is 0 Å². The van der Waals surface area contributed by atoms with Gasteiger partial charge in [-0.25, -0.2) is 4.68 Å². The molecule has 1 saturated carbocycles. The summed E-state index contributed by atoms with van der Waals surface area (Å²) in [5, 5.41) is 16.2. The molecule has 0 unspecified atom stereocenters. The molecule has 1 aromatic carbocycles. The van der Waals surface area contributed by atoms with Crippen molar-refractivity contribution in [2.24, 2.45) is 0 Å². The van der Waals surface area contributed by atoms with Gasteiger partial charge in [-0.3, -0.25) is 0 Å². The molecule has 0 radical (unpaired) electrons. The maximum atomic E-state index is 10.6. The fourth-order valence-corrected chi connectivity index (χ4v) is 2.94. The van der Waals surface area contributed by atoms with Crippen LogP contribution < -0.4 is 0 Å². The first kappa shape index (κ1) is 11.2. The Kier molecular flexibility index (Phi) is 2.71. The van der Waals surface area contributed by atoms with E-state index in [4.69, 9.17) is 0 Å². The van der Waals surface area contributed by atoms with Gasteiger partial charge in [-0.15, -0.1) is 0 Å². The maximum Gasteiger partial charge on any atom is 0.157 e. The number of halogens is 1. The normalized spacial score (nSPS) is 19.6. The van der Waals surface area contributed by atoms with E-state index in [1.807, 2.05) is 24.4 Å². The van der Waals surface area contributed by atoms with Crippen LogP contribution in [0.2, 0.25) is 0 Å². The van der Waals surface area contributed by atoms with E-state index in [0.29, 0.717) is 0 Å². The standard InChI is InChI=1S/C13H15BrN2O/c14-11-4-5-12-10(8-11)9-16(15-12)13(17)6-2-1-3-7-13/h4-5,8-9,17H,1-3,6-7H2. The lowest BCUT2D eigenvalue weighted by Gasteiger charge is -2.32. The average molecular weight is 295 g/mol. The molecule has 3 nitrogen and oxygen atoms in total. The number of hydrogen-bond acceptors (Lipinski definition) is 2. The highest BCUT2D eigenvalue weighted by Gasteiger charge is 2.31. The van der Waals surface area contributed by atoms with Crippen LogP contribution in [0.25, 0.3) is 10.9 Å². The van der Waals surface area contributed by atoms with Crippen molar-refractivity contribution >= 4 is 26.8 Å². The fraction of sp³-hybridized carbons (Fsp3) is 0.462. The quantitative estimate of drug-likeness (QED) is 0.875. The minimum Gasteiger partial charge on any atom is -0.369 e.